The zero-order valence-electron chi connectivity index (χ0n) is 14.6. The second-order valence-electron chi connectivity index (χ2n) is 6.58. The summed E-state index contributed by atoms with van der Waals surface area (Å²) in [7, 11) is 1.62. The summed E-state index contributed by atoms with van der Waals surface area (Å²) >= 11 is 2.88. The van der Waals surface area contributed by atoms with Crippen molar-refractivity contribution >= 4 is 49.7 Å². The van der Waals surface area contributed by atoms with Gasteiger partial charge in [0.15, 0.2) is 5.01 Å². The Bertz CT molecular complexity index is 973. The Balaban J connectivity index is 1.68. The van der Waals surface area contributed by atoms with Gasteiger partial charge in [0, 0.05) is 11.9 Å². The number of carbonyl (C=O) groups excluding carboxylic acids is 2. The van der Waals surface area contributed by atoms with Crippen LogP contribution in [-0.2, 0) is 12.8 Å². The SMILES string of the molecule is CNC(=O)c1c(NC(=O)c2nc3ccccc3s2)sc2c1CC[C@@H](C)C2. The summed E-state index contributed by atoms with van der Waals surface area (Å²) < 4.78 is 0.975. The van der Waals surface area contributed by atoms with Crippen LogP contribution in [0.5, 0.6) is 0 Å². The quantitative estimate of drug-likeness (QED) is 0.713. The van der Waals surface area contributed by atoms with E-state index in [1.807, 2.05) is 24.3 Å². The van der Waals surface area contributed by atoms with E-state index in [1.165, 1.54) is 27.6 Å². The smallest absolute Gasteiger partial charge is 0.285 e. The maximum absolute atomic E-state index is 12.7. The number of amides is 2. The normalized spacial score (nSPS) is 16.3. The van der Waals surface area contributed by atoms with Gasteiger partial charge in [0.2, 0.25) is 0 Å². The van der Waals surface area contributed by atoms with Crippen molar-refractivity contribution in [1.29, 1.82) is 0 Å². The highest BCUT2D eigenvalue weighted by Crippen LogP contribution is 2.40. The van der Waals surface area contributed by atoms with Crippen molar-refractivity contribution in [3.8, 4) is 0 Å². The molecule has 0 unspecified atom stereocenters. The van der Waals surface area contributed by atoms with Crippen LogP contribution < -0.4 is 10.6 Å². The Hall–Kier alpha value is -2.25. The van der Waals surface area contributed by atoms with Crippen molar-refractivity contribution < 1.29 is 9.59 Å². The highest BCUT2D eigenvalue weighted by atomic mass is 32.1. The van der Waals surface area contributed by atoms with Crippen LogP contribution in [0.2, 0.25) is 0 Å². The van der Waals surface area contributed by atoms with Gasteiger partial charge in [-0.25, -0.2) is 4.98 Å². The highest BCUT2D eigenvalue weighted by molar-refractivity contribution is 7.20. The molecule has 26 heavy (non-hydrogen) atoms. The van der Waals surface area contributed by atoms with Crippen molar-refractivity contribution in [2.45, 2.75) is 26.2 Å². The van der Waals surface area contributed by atoms with Crippen LogP contribution in [0.4, 0.5) is 5.00 Å². The van der Waals surface area contributed by atoms with Crippen LogP contribution in [-0.4, -0.2) is 23.8 Å². The number of hydrogen-bond acceptors (Lipinski definition) is 5. The van der Waals surface area contributed by atoms with Gasteiger partial charge in [-0.2, -0.15) is 0 Å². The molecule has 0 aliphatic heterocycles. The largest absolute Gasteiger partial charge is 0.355 e. The average molecular weight is 386 g/mol. The number of para-hydroxylation sites is 1. The first-order valence-corrected chi connectivity index (χ1v) is 10.2. The minimum Gasteiger partial charge on any atom is -0.355 e. The minimum atomic E-state index is -0.261. The van der Waals surface area contributed by atoms with Crippen molar-refractivity contribution in [3.63, 3.8) is 0 Å². The van der Waals surface area contributed by atoms with Crippen LogP contribution in [0.3, 0.4) is 0 Å². The monoisotopic (exact) mass is 385 g/mol. The maximum atomic E-state index is 12.7. The van der Waals surface area contributed by atoms with Crippen molar-refractivity contribution in [2.24, 2.45) is 5.92 Å². The summed E-state index contributed by atoms with van der Waals surface area (Å²) in [6, 6.07) is 7.68. The van der Waals surface area contributed by atoms with Crippen molar-refractivity contribution in [1.82, 2.24) is 10.3 Å². The lowest BCUT2D eigenvalue weighted by Crippen LogP contribution is -2.22. The number of aromatic nitrogens is 1. The number of nitrogens with one attached hydrogen (secondary N) is 2. The summed E-state index contributed by atoms with van der Waals surface area (Å²) in [4.78, 5) is 30.8. The van der Waals surface area contributed by atoms with E-state index in [0.29, 0.717) is 21.5 Å². The molecule has 134 valence electrons. The molecular formula is C19H19N3O2S2. The number of benzene rings is 1. The van der Waals surface area contributed by atoms with E-state index in [1.54, 1.807) is 7.05 Å². The molecule has 7 heteroatoms. The second kappa shape index (κ2) is 6.81. The first-order chi connectivity index (χ1) is 12.6. The number of rotatable bonds is 3. The highest BCUT2D eigenvalue weighted by Gasteiger charge is 2.28. The van der Waals surface area contributed by atoms with E-state index in [2.05, 4.69) is 22.5 Å². The molecule has 0 saturated heterocycles. The first kappa shape index (κ1) is 17.2. The van der Waals surface area contributed by atoms with Crippen LogP contribution in [0.1, 0.15) is 43.9 Å². The molecule has 2 N–H and O–H groups in total. The summed E-state index contributed by atoms with van der Waals surface area (Å²) in [5.74, 6) is 0.200. The number of hydrogen-bond donors (Lipinski definition) is 2. The Kier molecular flexibility index (Phi) is 4.50. The molecule has 0 spiro atoms. The van der Waals surface area contributed by atoms with Crippen LogP contribution in [0.25, 0.3) is 10.2 Å². The Morgan fingerprint density at radius 3 is 2.77 bits per heavy atom. The third-order valence-electron chi connectivity index (χ3n) is 4.68. The fourth-order valence-electron chi connectivity index (χ4n) is 3.33. The topological polar surface area (TPSA) is 71.1 Å². The van der Waals surface area contributed by atoms with Gasteiger partial charge < -0.3 is 10.6 Å². The number of anilines is 1. The lowest BCUT2D eigenvalue weighted by atomic mass is 9.88. The molecule has 2 amide bonds. The van der Waals surface area contributed by atoms with Gasteiger partial charge in [0.1, 0.15) is 5.00 Å². The molecule has 4 rings (SSSR count). The Morgan fingerprint density at radius 1 is 1.19 bits per heavy atom. The molecule has 0 radical (unpaired) electrons. The molecule has 2 aromatic heterocycles. The summed E-state index contributed by atoms with van der Waals surface area (Å²) in [5.41, 5.74) is 2.52. The zero-order valence-corrected chi connectivity index (χ0v) is 16.2. The van der Waals surface area contributed by atoms with Gasteiger partial charge in [0.25, 0.3) is 11.8 Å². The number of carbonyl (C=O) groups is 2. The lowest BCUT2D eigenvalue weighted by Gasteiger charge is -2.18. The fraction of sp³-hybridized carbons (Fsp3) is 0.316. The molecule has 1 aliphatic rings. The van der Waals surface area contributed by atoms with Gasteiger partial charge in [-0.3, -0.25) is 9.59 Å². The van der Waals surface area contributed by atoms with Crippen molar-refractivity contribution in [3.05, 3.63) is 45.3 Å². The predicted octanol–water partition coefficient (Wildman–Crippen LogP) is 4.09. The predicted molar refractivity (Wildman–Crippen MR) is 106 cm³/mol. The summed E-state index contributed by atoms with van der Waals surface area (Å²) in [6.07, 6.45) is 2.91. The molecule has 1 aliphatic carbocycles. The van der Waals surface area contributed by atoms with Crippen molar-refractivity contribution in [2.75, 3.05) is 12.4 Å². The Morgan fingerprint density at radius 2 is 2.00 bits per heavy atom. The molecule has 1 aromatic carbocycles. The van der Waals surface area contributed by atoms with Crippen LogP contribution in [0, 0.1) is 5.92 Å². The summed E-state index contributed by atoms with van der Waals surface area (Å²) in [5, 5.41) is 6.69. The van der Waals surface area contributed by atoms with Gasteiger partial charge in [0.05, 0.1) is 15.8 Å². The second-order valence-corrected chi connectivity index (χ2v) is 8.71. The van der Waals surface area contributed by atoms with E-state index in [0.717, 1.165) is 35.0 Å². The third-order valence-corrected chi connectivity index (χ3v) is 6.89. The molecular weight excluding hydrogens is 366 g/mol. The molecule has 5 nitrogen and oxygen atoms in total. The summed E-state index contributed by atoms with van der Waals surface area (Å²) in [6.45, 7) is 2.22. The molecule has 0 fully saturated rings. The molecule has 3 aromatic rings. The lowest BCUT2D eigenvalue weighted by molar-refractivity contribution is 0.0963. The van der Waals surface area contributed by atoms with E-state index < -0.39 is 0 Å². The van der Waals surface area contributed by atoms with E-state index in [4.69, 9.17) is 0 Å². The van der Waals surface area contributed by atoms with Crippen LogP contribution >= 0.6 is 22.7 Å². The van der Waals surface area contributed by atoms with E-state index in [9.17, 15) is 9.59 Å². The number of thiophene rings is 1. The maximum Gasteiger partial charge on any atom is 0.285 e. The van der Waals surface area contributed by atoms with Gasteiger partial charge in [-0.05, 0) is 42.9 Å². The molecule has 2 heterocycles. The van der Waals surface area contributed by atoms with Gasteiger partial charge >= 0.3 is 0 Å². The zero-order chi connectivity index (χ0) is 18.3. The van der Waals surface area contributed by atoms with E-state index >= 15 is 0 Å². The fourth-order valence-corrected chi connectivity index (χ4v) is 5.59. The average Bonchev–Trinajstić information content (AvgIpc) is 3.21. The Labute approximate surface area is 159 Å². The number of nitrogens with zero attached hydrogens (tertiary/aromatic N) is 1. The number of fused-ring (bicyclic) bond motifs is 2. The van der Waals surface area contributed by atoms with Gasteiger partial charge in [-0.1, -0.05) is 19.1 Å². The molecule has 1 atom stereocenters. The first-order valence-electron chi connectivity index (χ1n) is 8.60. The third kappa shape index (κ3) is 3.01. The number of thiazole rings is 1. The molecule has 0 bridgehead atoms. The standard InChI is InChI=1S/C19H19N3O2S2/c1-10-7-8-11-14(9-10)26-18(15(11)16(23)20-2)22-17(24)19-21-12-5-3-4-6-13(12)25-19/h3-6,10H,7-9H2,1-2H3,(H,20,23)(H,22,24)/t10-/m1/s1. The van der Waals surface area contributed by atoms with Crippen LogP contribution in [0.15, 0.2) is 24.3 Å². The van der Waals surface area contributed by atoms with Gasteiger partial charge in [-0.15, -0.1) is 22.7 Å². The molecule has 0 saturated carbocycles. The van der Waals surface area contributed by atoms with E-state index in [-0.39, 0.29) is 11.8 Å². The minimum absolute atomic E-state index is 0.142.